The molecule has 4 heterocycles. The molecule has 1 aliphatic carbocycles. The fourth-order valence-electron chi connectivity index (χ4n) is 4.69. The zero-order valence-electron chi connectivity index (χ0n) is 18.1. The van der Waals surface area contributed by atoms with Crippen molar-refractivity contribution in [2.24, 2.45) is 11.8 Å². The summed E-state index contributed by atoms with van der Waals surface area (Å²) in [6.45, 7) is 2.31. The van der Waals surface area contributed by atoms with Gasteiger partial charge < -0.3 is 15.2 Å². The topological polar surface area (TPSA) is 113 Å². The predicted octanol–water partition coefficient (Wildman–Crippen LogP) is 2.51. The Morgan fingerprint density at radius 2 is 1.97 bits per heavy atom. The molecule has 3 aromatic rings. The van der Waals surface area contributed by atoms with Crippen molar-refractivity contribution in [1.29, 1.82) is 0 Å². The van der Waals surface area contributed by atoms with Gasteiger partial charge in [0.2, 0.25) is 10.0 Å². The number of nitrogens with zero attached hydrogens (tertiary/aromatic N) is 4. The van der Waals surface area contributed by atoms with Crippen LogP contribution in [0.5, 0.6) is 0 Å². The van der Waals surface area contributed by atoms with Crippen LogP contribution in [0.4, 0.5) is 5.82 Å². The number of anilines is 1. The first kappa shape index (κ1) is 21.0. The maximum atomic E-state index is 12.4. The maximum absolute atomic E-state index is 12.4. The summed E-state index contributed by atoms with van der Waals surface area (Å²) in [6, 6.07) is 5.47. The van der Waals surface area contributed by atoms with Crippen molar-refractivity contribution in [1.82, 2.24) is 24.2 Å². The van der Waals surface area contributed by atoms with Crippen LogP contribution in [0.2, 0.25) is 0 Å². The number of hydrogen-bond acceptors (Lipinski definition) is 6. The van der Waals surface area contributed by atoms with Gasteiger partial charge in [0.1, 0.15) is 17.2 Å². The second-order valence-corrected chi connectivity index (χ2v) is 10.8. The van der Waals surface area contributed by atoms with Crippen LogP contribution in [0.25, 0.3) is 11.2 Å². The van der Waals surface area contributed by atoms with Crippen LogP contribution < -0.4 is 10.2 Å². The number of aromatic amines is 1. The molecule has 2 fully saturated rings. The molecule has 2 aliphatic rings. The second kappa shape index (κ2) is 8.23. The van der Waals surface area contributed by atoms with E-state index in [-0.39, 0.29) is 18.0 Å². The summed E-state index contributed by atoms with van der Waals surface area (Å²) in [7, 11) is -3.41. The number of imidazole rings is 1. The van der Waals surface area contributed by atoms with Gasteiger partial charge >= 0.3 is 0 Å². The Balaban J connectivity index is 1.25. The van der Waals surface area contributed by atoms with Gasteiger partial charge in [-0.05, 0) is 42.9 Å². The molecule has 0 aromatic carbocycles. The molecular formula is C22H28N6O3S. The number of rotatable bonds is 6. The number of carbonyl (C=O) groups excluding carboxylic acids is 1. The maximum Gasteiger partial charge on any atom is 0.253 e. The molecule has 0 radical (unpaired) electrons. The van der Waals surface area contributed by atoms with E-state index in [1.165, 1.54) is 50.6 Å². The minimum atomic E-state index is -3.41. The van der Waals surface area contributed by atoms with Gasteiger partial charge in [-0.2, -0.15) is 0 Å². The average Bonchev–Trinajstić information content (AvgIpc) is 3.37. The largest absolute Gasteiger partial charge is 0.356 e. The third-order valence-corrected chi connectivity index (χ3v) is 7.70. The molecule has 5 rings (SSSR count). The summed E-state index contributed by atoms with van der Waals surface area (Å²) in [5, 5.41) is 2.77. The van der Waals surface area contributed by atoms with E-state index in [2.05, 4.69) is 20.2 Å². The highest BCUT2D eigenvalue weighted by atomic mass is 32.2. The molecule has 2 N–H and O–H groups in total. The summed E-state index contributed by atoms with van der Waals surface area (Å²) < 4.78 is 24.1. The van der Waals surface area contributed by atoms with Crippen LogP contribution in [0.15, 0.2) is 30.6 Å². The van der Waals surface area contributed by atoms with E-state index >= 15 is 0 Å². The van der Waals surface area contributed by atoms with Crippen molar-refractivity contribution in [3.8, 4) is 0 Å². The molecule has 0 bridgehead atoms. The number of piperidine rings is 1. The van der Waals surface area contributed by atoms with E-state index in [0.717, 1.165) is 46.5 Å². The van der Waals surface area contributed by atoms with E-state index < -0.39 is 10.0 Å². The number of nitrogens with one attached hydrogen (secondary N) is 2. The molecule has 1 unspecified atom stereocenters. The lowest BCUT2D eigenvalue weighted by molar-refractivity contribution is 0.0950. The van der Waals surface area contributed by atoms with Gasteiger partial charge in [-0.1, -0.05) is 19.3 Å². The first-order valence-corrected chi connectivity index (χ1v) is 13.0. The lowest BCUT2D eigenvalue weighted by Gasteiger charge is -2.41. The number of fused-ring (bicyclic) bond motifs is 1. The Morgan fingerprint density at radius 3 is 2.69 bits per heavy atom. The van der Waals surface area contributed by atoms with Crippen molar-refractivity contribution in [2.75, 3.05) is 24.2 Å². The molecule has 9 nitrogen and oxygen atoms in total. The molecule has 32 heavy (non-hydrogen) atoms. The van der Waals surface area contributed by atoms with E-state index in [0.29, 0.717) is 11.5 Å². The lowest BCUT2D eigenvalue weighted by atomic mass is 9.73. The molecular weight excluding hydrogens is 428 g/mol. The number of pyridine rings is 1. The summed E-state index contributed by atoms with van der Waals surface area (Å²) in [5.74, 6) is 2.88. The van der Waals surface area contributed by atoms with Crippen molar-refractivity contribution in [2.45, 2.75) is 38.6 Å². The number of amides is 1. The van der Waals surface area contributed by atoms with E-state index in [4.69, 9.17) is 4.98 Å². The van der Waals surface area contributed by atoms with Crippen LogP contribution in [0.1, 0.15) is 48.3 Å². The van der Waals surface area contributed by atoms with E-state index in [9.17, 15) is 13.2 Å². The number of H-pyrrole nitrogens is 1. The highest BCUT2D eigenvalue weighted by molar-refractivity contribution is 7.89. The Morgan fingerprint density at radius 1 is 1.16 bits per heavy atom. The summed E-state index contributed by atoms with van der Waals surface area (Å²) in [4.78, 5) is 27.3. The standard InChI is InChI=1S/C22H28N6O3S/c1-32(30,31)28-11-9-17(14-28)22(29)23-12-19-24-18-7-8-20(26-21(18)25-19)27-10-3-6-16(13-27)15-4-2-5-15/h7-9,11,14-16H,2-6,10,12-13H2,1H3,(H,23,29)(H,24,25,26). The Labute approximate surface area is 187 Å². The van der Waals surface area contributed by atoms with Crippen LogP contribution in [-0.4, -0.2) is 52.6 Å². The van der Waals surface area contributed by atoms with Gasteiger partial charge in [-0.3, -0.25) is 8.77 Å². The zero-order valence-corrected chi connectivity index (χ0v) is 18.9. The van der Waals surface area contributed by atoms with E-state index in [1.807, 2.05) is 12.1 Å². The molecule has 0 spiro atoms. The minimum Gasteiger partial charge on any atom is -0.356 e. The molecule has 1 saturated heterocycles. The number of aromatic nitrogens is 4. The monoisotopic (exact) mass is 456 g/mol. The van der Waals surface area contributed by atoms with Gasteiger partial charge in [-0.15, -0.1) is 0 Å². The lowest BCUT2D eigenvalue weighted by Crippen LogP contribution is -2.40. The summed E-state index contributed by atoms with van der Waals surface area (Å²) >= 11 is 0. The first-order chi connectivity index (χ1) is 15.4. The second-order valence-electron chi connectivity index (χ2n) is 8.94. The van der Waals surface area contributed by atoms with Gasteiger partial charge in [0.05, 0.1) is 18.4 Å². The normalized spacial score (nSPS) is 19.8. The van der Waals surface area contributed by atoms with Crippen LogP contribution in [-0.2, 0) is 16.6 Å². The highest BCUT2D eigenvalue weighted by Gasteiger charge is 2.31. The van der Waals surface area contributed by atoms with Crippen molar-refractivity contribution in [3.05, 3.63) is 42.0 Å². The van der Waals surface area contributed by atoms with Crippen LogP contribution in [0, 0.1) is 11.8 Å². The van der Waals surface area contributed by atoms with Gasteiger partial charge in [-0.25, -0.2) is 18.4 Å². The van der Waals surface area contributed by atoms with Crippen molar-refractivity contribution in [3.63, 3.8) is 0 Å². The molecule has 1 atom stereocenters. The van der Waals surface area contributed by atoms with Crippen LogP contribution >= 0.6 is 0 Å². The zero-order chi connectivity index (χ0) is 22.3. The fraction of sp³-hybridized carbons (Fsp3) is 0.500. The quantitative estimate of drug-likeness (QED) is 0.589. The van der Waals surface area contributed by atoms with Crippen molar-refractivity contribution >= 4 is 32.9 Å². The Kier molecular flexibility index (Phi) is 5.40. The van der Waals surface area contributed by atoms with Gasteiger partial charge in [0.25, 0.3) is 5.91 Å². The van der Waals surface area contributed by atoms with Gasteiger partial charge in [0.15, 0.2) is 5.65 Å². The molecule has 1 amide bonds. The number of hydrogen-bond donors (Lipinski definition) is 2. The fourth-order valence-corrected chi connectivity index (χ4v) is 5.28. The average molecular weight is 457 g/mol. The van der Waals surface area contributed by atoms with E-state index in [1.54, 1.807) is 0 Å². The predicted molar refractivity (Wildman–Crippen MR) is 122 cm³/mol. The molecule has 1 saturated carbocycles. The first-order valence-electron chi connectivity index (χ1n) is 11.1. The van der Waals surface area contributed by atoms with Crippen molar-refractivity contribution < 1.29 is 13.2 Å². The smallest absolute Gasteiger partial charge is 0.253 e. The molecule has 1 aliphatic heterocycles. The molecule has 3 aromatic heterocycles. The highest BCUT2D eigenvalue weighted by Crippen LogP contribution is 2.38. The molecule has 10 heteroatoms. The summed E-state index contributed by atoms with van der Waals surface area (Å²) in [6.07, 6.45) is 10.4. The third kappa shape index (κ3) is 4.23. The van der Waals surface area contributed by atoms with Gasteiger partial charge in [0, 0.05) is 25.5 Å². The Bertz CT molecular complexity index is 1240. The third-order valence-electron chi connectivity index (χ3n) is 6.70. The SMILES string of the molecule is CS(=O)(=O)n1ccc(C(=O)NCc2nc3ccc(N4CCCC(C5CCC5)C4)nc3[nH]2)c1. The van der Waals surface area contributed by atoms with Crippen LogP contribution in [0.3, 0.4) is 0 Å². The summed E-state index contributed by atoms with van der Waals surface area (Å²) in [5.41, 5.74) is 1.74. The Hall–Kier alpha value is -2.88. The minimum absolute atomic E-state index is 0.196. The number of carbonyl (C=O) groups is 1. The molecule has 170 valence electrons.